The predicted molar refractivity (Wildman–Crippen MR) is 313 cm³/mol. The van der Waals surface area contributed by atoms with Crippen LogP contribution in [0.5, 0.6) is 0 Å². The van der Waals surface area contributed by atoms with Crippen molar-refractivity contribution >= 4 is 108 Å². The van der Waals surface area contributed by atoms with Gasteiger partial charge in [0.2, 0.25) is 11.9 Å². The molecule has 75 heavy (non-hydrogen) atoms. The van der Waals surface area contributed by atoms with Crippen molar-refractivity contribution in [3.63, 3.8) is 0 Å². The van der Waals surface area contributed by atoms with Gasteiger partial charge in [-0.25, -0.2) is 19.9 Å². The zero-order valence-electron chi connectivity index (χ0n) is 40.2. The van der Waals surface area contributed by atoms with Gasteiger partial charge in [0.05, 0.1) is 49.2 Å². The molecule has 5 heterocycles. The lowest BCUT2D eigenvalue weighted by atomic mass is 9.95. The Bertz CT molecular complexity index is 5000. The maximum Gasteiger partial charge on any atom is 0.235 e. The summed E-state index contributed by atoms with van der Waals surface area (Å²) in [6.45, 7) is 0. The highest BCUT2D eigenvalue weighted by molar-refractivity contribution is 7.22. The van der Waals surface area contributed by atoms with Gasteiger partial charge in [0.15, 0.2) is 0 Å². The maximum atomic E-state index is 5.55. The molecular weight excluding hydrogens is 933 g/mol. The number of nitrogens with zero attached hydrogens (tertiary/aromatic N) is 6. The zero-order chi connectivity index (χ0) is 49.1. The Morgan fingerprint density at radius 2 is 0.893 bits per heavy atom. The number of hydrogen-bond donors (Lipinski definition) is 0. The fourth-order valence-corrected chi connectivity index (χ4v) is 12.9. The van der Waals surface area contributed by atoms with Crippen LogP contribution in [0.1, 0.15) is 0 Å². The van der Waals surface area contributed by atoms with Gasteiger partial charge in [-0.1, -0.05) is 206 Å². The molecule has 16 rings (SSSR count). The molecule has 0 saturated carbocycles. The third-order valence-corrected chi connectivity index (χ3v) is 16.3. The van der Waals surface area contributed by atoms with Crippen LogP contribution in [0, 0.1) is 0 Å². The third kappa shape index (κ3) is 6.38. The SMILES string of the molecule is c1ccc(-c2cc3nc(-n4c5ccc(-c6cccc7c6c6c8ccccc8ccc6n7-c6nc(-c7ccccc7)c7ccc8ccccc8c7n6)cc5c5ccc6ccccc6c54)nc(-c4ccccc4)c3s2)cc1. The number of fused-ring (bicyclic) bond motifs is 14. The van der Waals surface area contributed by atoms with E-state index in [9.17, 15) is 0 Å². The van der Waals surface area contributed by atoms with Crippen molar-refractivity contribution in [1.29, 1.82) is 0 Å². The number of thiophene rings is 1. The number of benzene rings is 11. The van der Waals surface area contributed by atoms with Crippen LogP contribution >= 0.6 is 11.3 Å². The topological polar surface area (TPSA) is 61.4 Å². The number of aromatic nitrogens is 6. The van der Waals surface area contributed by atoms with Gasteiger partial charge < -0.3 is 0 Å². The minimum Gasteiger partial charge on any atom is -0.278 e. The van der Waals surface area contributed by atoms with Crippen LogP contribution in [0.15, 0.2) is 243 Å². The molecule has 11 aromatic carbocycles. The van der Waals surface area contributed by atoms with Crippen LogP contribution in [0.3, 0.4) is 0 Å². The van der Waals surface area contributed by atoms with Gasteiger partial charge in [-0.15, -0.1) is 11.3 Å². The molecule has 0 aliphatic carbocycles. The fourth-order valence-electron chi connectivity index (χ4n) is 11.8. The average Bonchev–Trinajstić information content (AvgIpc) is 4.19. The van der Waals surface area contributed by atoms with Crippen molar-refractivity contribution in [3.8, 4) is 56.0 Å². The lowest BCUT2D eigenvalue weighted by Gasteiger charge is -2.13. The molecule has 5 aromatic heterocycles. The molecule has 0 aliphatic heterocycles. The summed E-state index contributed by atoms with van der Waals surface area (Å²) in [5, 5.41) is 12.5. The van der Waals surface area contributed by atoms with E-state index < -0.39 is 0 Å². The van der Waals surface area contributed by atoms with Crippen molar-refractivity contribution in [2.24, 2.45) is 0 Å². The Hall–Kier alpha value is -9.82. The summed E-state index contributed by atoms with van der Waals surface area (Å²) in [5.41, 5.74) is 13.4. The second-order valence-electron chi connectivity index (χ2n) is 19.3. The molecule has 0 aliphatic rings. The van der Waals surface area contributed by atoms with Gasteiger partial charge in [0.25, 0.3) is 0 Å². The first kappa shape index (κ1) is 41.8. The highest BCUT2D eigenvalue weighted by atomic mass is 32.1. The van der Waals surface area contributed by atoms with E-state index in [2.05, 4.69) is 252 Å². The molecule has 0 saturated heterocycles. The van der Waals surface area contributed by atoms with Crippen molar-refractivity contribution in [1.82, 2.24) is 29.1 Å². The number of hydrogen-bond acceptors (Lipinski definition) is 5. The molecule has 0 fully saturated rings. The second kappa shape index (κ2) is 16.3. The predicted octanol–water partition coefficient (Wildman–Crippen LogP) is 18.0. The van der Waals surface area contributed by atoms with E-state index in [4.69, 9.17) is 19.9 Å². The fraction of sp³-hybridized carbons (Fsp3) is 0. The maximum absolute atomic E-state index is 5.55. The van der Waals surface area contributed by atoms with Crippen LogP contribution in [0.25, 0.3) is 153 Å². The van der Waals surface area contributed by atoms with Crippen molar-refractivity contribution in [2.45, 2.75) is 0 Å². The second-order valence-corrected chi connectivity index (χ2v) is 20.4. The van der Waals surface area contributed by atoms with Gasteiger partial charge in [0, 0.05) is 53.7 Å². The molecule has 0 spiro atoms. The number of rotatable bonds is 6. The molecular formula is C68H40N6S. The van der Waals surface area contributed by atoms with Crippen LogP contribution in [-0.4, -0.2) is 29.1 Å². The van der Waals surface area contributed by atoms with Crippen LogP contribution in [0.4, 0.5) is 0 Å². The van der Waals surface area contributed by atoms with Gasteiger partial charge in [-0.2, -0.15) is 0 Å². The van der Waals surface area contributed by atoms with Gasteiger partial charge in [-0.05, 0) is 74.6 Å². The smallest absolute Gasteiger partial charge is 0.235 e. The van der Waals surface area contributed by atoms with E-state index in [-0.39, 0.29) is 0 Å². The van der Waals surface area contributed by atoms with Gasteiger partial charge >= 0.3 is 0 Å². The molecule has 0 amide bonds. The Kier molecular flexibility index (Phi) is 9.10. The third-order valence-electron chi connectivity index (χ3n) is 15.1. The molecule has 7 heteroatoms. The molecule has 0 bridgehead atoms. The quantitative estimate of drug-likeness (QED) is 0.156. The van der Waals surface area contributed by atoms with E-state index >= 15 is 0 Å². The van der Waals surface area contributed by atoms with Gasteiger partial charge in [-0.3, -0.25) is 9.13 Å². The summed E-state index contributed by atoms with van der Waals surface area (Å²) < 4.78 is 5.65. The normalized spacial score (nSPS) is 12.0. The van der Waals surface area contributed by atoms with E-state index in [0.717, 1.165) is 130 Å². The molecule has 16 aromatic rings. The van der Waals surface area contributed by atoms with Crippen molar-refractivity contribution in [2.75, 3.05) is 0 Å². The largest absolute Gasteiger partial charge is 0.278 e. The van der Waals surface area contributed by atoms with E-state index in [1.165, 1.54) is 10.8 Å². The zero-order valence-corrected chi connectivity index (χ0v) is 41.0. The molecule has 6 nitrogen and oxygen atoms in total. The summed E-state index contributed by atoms with van der Waals surface area (Å²) in [6, 6.07) is 86.7. The first-order valence-electron chi connectivity index (χ1n) is 25.3. The van der Waals surface area contributed by atoms with E-state index in [0.29, 0.717) is 11.9 Å². The lowest BCUT2D eigenvalue weighted by Crippen LogP contribution is -2.04. The lowest BCUT2D eigenvalue weighted by molar-refractivity contribution is 1.02. The minimum atomic E-state index is 0.629. The molecule has 0 unspecified atom stereocenters. The summed E-state index contributed by atoms with van der Waals surface area (Å²) in [4.78, 5) is 23.3. The average molecular weight is 973 g/mol. The first-order valence-corrected chi connectivity index (χ1v) is 26.1. The Morgan fingerprint density at radius 3 is 1.65 bits per heavy atom. The standard InChI is InChI=1S/C68H40N6S/c1-4-20-44(21-5-1)59-40-55-66(75-59)63(46-24-8-3-9-25-46)71-67(69-55)74-56-37-34-47(39-54(56)52-35-31-43-19-12-15-28-51(43)65(52)74)49-29-16-30-57-61(49)60-48-26-13-10-17-41(48)33-38-58(60)73(57)68-70-62(45-22-6-2-7-23-45)53-36-32-42-18-11-14-27-50(42)64(53)72-68/h1-40H. The minimum absolute atomic E-state index is 0.629. The Balaban J connectivity index is 0.973. The summed E-state index contributed by atoms with van der Waals surface area (Å²) in [6.07, 6.45) is 0. The monoisotopic (exact) mass is 972 g/mol. The van der Waals surface area contributed by atoms with E-state index in [1.54, 1.807) is 11.3 Å². The summed E-state index contributed by atoms with van der Waals surface area (Å²) >= 11 is 1.75. The Morgan fingerprint density at radius 1 is 0.320 bits per heavy atom. The van der Waals surface area contributed by atoms with Crippen LogP contribution in [-0.2, 0) is 0 Å². The summed E-state index contributed by atoms with van der Waals surface area (Å²) in [5.74, 6) is 1.27. The molecule has 348 valence electrons. The highest BCUT2D eigenvalue weighted by Gasteiger charge is 2.25. The summed E-state index contributed by atoms with van der Waals surface area (Å²) in [7, 11) is 0. The molecule has 0 atom stereocenters. The first-order chi connectivity index (χ1) is 37.2. The van der Waals surface area contributed by atoms with Crippen molar-refractivity contribution in [3.05, 3.63) is 243 Å². The van der Waals surface area contributed by atoms with Gasteiger partial charge in [0.1, 0.15) is 0 Å². The molecule has 0 N–H and O–H groups in total. The molecule has 0 radical (unpaired) electrons. The Labute approximate surface area is 433 Å². The van der Waals surface area contributed by atoms with E-state index in [1.807, 2.05) is 0 Å². The highest BCUT2D eigenvalue weighted by Crippen LogP contribution is 2.46. The van der Waals surface area contributed by atoms with Crippen LogP contribution in [0.2, 0.25) is 0 Å². The van der Waals surface area contributed by atoms with Crippen molar-refractivity contribution < 1.29 is 0 Å². The van der Waals surface area contributed by atoms with Crippen LogP contribution < -0.4 is 0 Å².